The van der Waals surface area contributed by atoms with Crippen LogP contribution in [0.15, 0.2) is 48.4 Å². The number of nitrogen functional groups attached to an aromatic ring is 1. The van der Waals surface area contributed by atoms with E-state index >= 15 is 0 Å². The zero-order chi connectivity index (χ0) is 28.2. The number of nitrogens with one attached hydrogen (secondary N) is 1. The van der Waals surface area contributed by atoms with Gasteiger partial charge in [0.05, 0.1) is 11.7 Å². The number of ketones is 1. The number of aliphatic hydroxyl groups is 3. The summed E-state index contributed by atoms with van der Waals surface area (Å²) in [5, 5.41) is 31.9. The molecule has 3 aromatic rings. The highest BCUT2D eigenvalue weighted by Gasteiger charge is 2.65. The first-order valence-electron chi connectivity index (χ1n) is 11.3. The van der Waals surface area contributed by atoms with E-state index in [1.807, 2.05) is 11.8 Å². The van der Waals surface area contributed by atoms with Crippen LogP contribution in [-0.2, 0) is 20.4 Å². The normalized spacial score (nSPS) is 28.1. The molecular formula is C23H20F2N6O7S. The van der Waals surface area contributed by atoms with Crippen LogP contribution in [-0.4, -0.2) is 79.8 Å². The molecule has 1 unspecified atom stereocenters. The number of rotatable bonds is 5. The fourth-order valence-corrected chi connectivity index (χ4v) is 5.09. The Balaban J connectivity index is 1.27. The van der Waals surface area contributed by atoms with Gasteiger partial charge in [-0.1, -0.05) is 36.1 Å². The predicted octanol–water partition coefficient (Wildman–Crippen LogP) is -0.816. The van der Waals surface area contributed by atoms with Crippen LogP contribution in [0.25, 0.3) is 11.2 Å². The minimum atomic E-state index is -4.24. The Kier molecular flexibility index (Phi) is 6.45. The maximum Gasteiger partial charge on any atom is 0.353 e. The number of aliphatic hydroxyl groups excluding tert-OH is 2. The molecule has 204 valence electrons. The molecule has 39 heavy (non-hydrogen) atoms. The van der Waals surface area contributed by atoms with Crippen LogP contribution >= 0.6 is 0 Å². The molecule has 0 radical (unpaired) electrons. The standard InChI is InChI=1S/C23H20F2N6O7S/c24-23(25)18(34)12-5-1-2-6-13(12)22(23,35)7-3-4-8-39(36,37)30-9-14-16(32)17(33)21(38-14)31-11-29-15-19(26)27-10-28-20(15)31/h1-2,4-6,8,10-11,14,16-17,21,30,32-33,35H,9H2,(H2,26,27,28)/b8-4+/t14-,16-,17-,21-,22?/m1/s1. The molecule has 0 amide bonds. The third-order valence-electron chi connectivity index (χ3n) is 6.37. The first kappa shape index (κ1) is 26.7. The fourth-order valence-electron chi connectivity index (χ4n) is 4.35. The first-order chi connectivity index (χ1) is 18.4. The third-order valence-corrected chi connectivity index (χ3v) is 7.43. The molecule has 1 saturated heterocycles. The van der Waals surface area contributed by atoms with Gasteiger partial charge >= 0.3 is 5.92 Å². The Bertz CT molecular complexity index is 1670. The number of alkyl halides is 2. The van der Waals surface area contributed by atoms with Crippen molar-refractivity contribution >= 4 is 32.8 Å². The van der Waals surface area contributed by atoms with E-state index in [0.29, 0.717) is 11.5 Å². The lowest BCUT2D eigenvalue weighted by molar-refractivity contribution is -0.113. The third kappa shape index (κ3) is 4.34. The van der Waals surface area contributed by atoms with E-state index in [2.05, 4.69) is 19.7 Å². The highest BCUT2D eigenvalue weighted by Crippen LogP contribution is 2.47. The van der Waals surface area contributed by atoms with Gasteiger partial charge in [-0.3, -0.25) is 9.36 Å². The van der Waals surface area contributed by atoms with Crippen molar-refractivity contribution in [2.24, 2.45) is 0 Å². The molecule has 6 N–H and O–H groups in total. The van der Waals surface area contributed by atoms with Crippen molar-refractivity contribution in [1.82, 2.24) is 24.2 Å². The summed E-state index contributed by atoms with van der Waals surface area (Å²) in [6, 6.07) is 4.98. The quantitative estimate of drug-likeness (QED) is 0.243. The van der Waals surface area contributed by atoms with Crippen LogP contribution in [0, 0.1) is 11.8 Å². The maximum atomic E-state index is 14.5. The van der Waals surface area contributed by atoms with Gasteiger partial charge in [-0.25, -0.2) is 28.1 Å². The number of nitrogens with zero attached hydrogens (tertiary/aromatic N) is 4. The molecule has 1 aliphatic heterocycles. The number of carbonyl (C=O) groups excluding carboxylic acids is 1. The number of hydrogen-bond acceptors (Lipinski definition) is 11. The zero-order valence-electron chi connectivity index (χ0n) is 19.6. The second-order valence-electron chi connectivity index (χ2n) is 8.75. The summed E-state index contributed by atoms with van der Waals surface area (Å²) >= 11 is 0. The van der Waals surface area contributed by atoms with E-state index in [9.17, 15) is 37.3 Å². The number of nitrogens with two attached hydrogens (primary N) is 1. The maximum absolute atomic E-state index is 14.5. The topological polar surface area (TPSA) is 203 Å². The lowest BCUT2D eigenvalue weighted by Crippen LogP contribution is -2.43. The number of fused-ring (bicyclic) bond motifs is 2. The summed E-state index contributed by atoms with van der Waals surface area (Å²) in [4.78, 5) is 23.9. The SMILES string of the molecule is Nc1ncnc2c1ncn2[C@@H]1O[C@H](CNS(=O)(=O)/C=C/C#CC2(O)c3ccccc3C(=O)C2(F)F)[C@@H](O)[C@H]1O. The summed E-state index contributed by atoms with van der Waals surface area (Å²) < 4.78 is 62.9. The number of benzene rings is 1. The van der Waals surface area contributed by atoms with E-state index in [1.165, 1.54) is 29.4 Å². The Morgan fingerprint density at radius 1 is 1.21 bits per heavy atom. The minimum Gasteiger partial charge on any atom is -0.387 e. The molecule has 3 heterocycles. The van der Waals surface area contributed by atoms with Crippen molar-refractivity contribution in [3.8, 4) is 11.8 Å². The number of imidazole rings is 1. The van der Waals surface area contributed by atoms with Crippen molar-refractivity contribution < 1.29 is 42.0 Å². The van der Waals surface area contributed by atoms with Gasteiger partial charge < -0.3 is 25.8 Å². The summed E-state index contributed by atoms with van der Waals surface area (Å²) in [5.41, 5.74) is 2.31. The average Bonchev–Trinajstić information content (AvgIpc) is 3.50. The number of halogens is 2. The molecule has 1 aromatic carbocycles. The van der Waals surface area contributed by atoms with Gasteiger partial charge in [0.2, 0.25) is 21.4 Å². The lowest BCUT2D eigenvalue weighted by Gasteiger charge is -2.23. The van der Waals surface area contributed by atoms with Crippen LogP contribution in [0.3, 0.4) is 0 Å². The van der Waals surface area contributed by atoms with E-state index in [-0.39, 0.29) is 28.1 Å². The molecule has 1 fully saturated rings. The number of allylic oxidation sites excluding steroid dienone is 1. The molecule has 0 spiro atoms. The van der Waals surface area contributed by atoms with Gasteiger partial charge in [0.1, 0.15) is 30.2 Å². The molecule has 5 atom stereocenters. The second-order valence-corrected chi connectivity index (χ2v) is 10.4. The van der Waals surface area contributed by atoms with Crippen molar-refractivity contribution in [3.05, 3.63) is 59.5 Å². The number of carbonyl (C=O) groups is 1. The van der Waals surface area contributed by atoms with Crippen LogP contribution in [0.5, 0.6) is 0 Å². The molecule has 16 heteroatoms. The van der Waals surface area contributed by atoms with Gasteiger partial charge in [-0.05, 0) is 0 Å². The molecule has 2 aromatic heterocycles. The Hall–Kier alpha value is -3.85. The smallest absolute Gasteiger partial charge is 0.353 e. The van der Waals surface area contributed by atoms with Crippen LogP contribution in [0.1, 0.15) is 22.1 Å². The highest BCUT2D eigenvalue weighted by atomic mass is 32.2. The Labute approximate surface area is 219 Å². The van der Waals surface area contributed by atoms with E-state index in [4.69, 9.17) is 10.5 Å². The zero-order valence-corrected chi connectivity index (χ0v) is 20.5. The Morgan fingerprint density at radius 2 is 1.95 bits per heavy atom. The van der Waals surface area contributed by atoms with Crippen molar-refractivity contribution in [2.75, 3.05) is 12.3 Å². The number of hydrogen-bond donors (Lipinski definition) is 5. The number of Topliss-reactive ketones (excluding diaryl/α,β-unsaturated/α-hetero) is 1. The fraction of sp³-hybridized carbons (Fsp3) is 0.304. The first-order valence-corrected chi connectivity index (χ1v) is 12.8. The van der Waals surface area contributed by atoms with Gasteiger partial charge in [-0.2, -0.15) is 8.78 Å². The van der Waals surface area contributed by atoms with E-state index < -0.39 is 58.4 Å². The van der Waals surface area contributed by atoms with Crippen LogP contribution in [0.2, 0.25) is 0 Å². The average molecular weight is 563 g/mol. The number of sulfonamides is 1. The molecular weight excluding hydrogens is 542 g/mol. The van der Waals surface area contributed by atoms with Gasteiger partial charge in [0.25, 0.3) is 0 Å². The molecule has 1 aliphatic carbocycles. The van der Waals surface area contributed by atoms with E-state index in [1.54, 1.807) is 0 Å². The molecule has 0 saturated carbocycles. The second kappa shape index (κ2) is 9.41. The monoisotopic (exact) mass is 562 g/mol. The van der Waals surface area contributed by atoms with Crippen molar-refractivity contribution in [3.63, 3.8) is 0 Å². The predicted molar refractivity (Wildman–Crippen MR) is 129 cm³/mol. The summed E-state index contributed by atoms with van der Waals surface area (Å²) in [6.45, 7) is -0.484. The largest absolute Gasteiger partial charge is 0.387 e. The molecule has 13 nitrogen and oxygen atoms in total. The summed E-state index contributed by atoms with van der Waals surface area (Å²) in [7, 11) is -4.24. The van der Waals surface area contributed by atoms with Gasteiger partial charge in [0.15, 0.2) is 17.7 Å². The van der Waals surface area contributed by atoms with Gasteiger partial charge in [-0.15, -0.1) is 0 Å². The van der Waals surface area contributed by atoms with Crippen LogP contribution < -0.4 is 10.5 Å². The van der Waals surface area contributed by atoms with E-state index in [0.717, 1.165) is 12.1 Å². The lowest BCUT2D eigenvalue weighted by atomic mass is 9.94. The van der Waals surface area contributed by atoms with Crippen molar-refractivity contribution in [1.29, 1.82) is 0 Å². The summed E-state index contributed by atoms with van der Waals surface area (Å²) in [5.74, 6) is -1.81. The van der Waals surface area contributed by atoms with Gasteiger partial charge in [0, 0.05) is 23.7 Å². The molecule has 2 aliphatic rings. The number of ether oxygens (including phenoxy) is 1. The number of anilines is 1. The number of aromatic nitrogens is 4. The molecule has 0 bridgehead atoms. The van der Waals surface area contributed by atoms with Crippen LogP contribution in [0.4, 0.5) is 14.6 Å². The Morgan fingerprint density at radius 3 is 2.72 bits per heavy atom. The molecule has 5 rings (SSSR count). The minimum absolute atomic E-state index is 0.0885. The highest BCUT2D eigenvalue weighted by molar-refractivity contribution is 7.92. The summed E-state index contributed by atoms with van der Waals surface area (Å²) in [6.07, 6.45) is -2.20. The van der Waals surface area contributed by atoms with Crippen molar-refractivity contribution in [2.45, 2.75) is 36.1 Å².